The first kappa shape index (κ1) is 10.2. The number of carbonyl (C=O) groups excluding carboxylic acids is 1. The molecule has 0 saturated heterocycles. The van der Waals surface area contributed by atoms with Gasteiger partial charge >= 0.3 is 0 Å². The van der Waals surface area contributed by atoms with E-state index in [1.54, 1.807) is 0 Å². The maximum absolute atomic E-state index is 10.5. The lowest BCUT2D eigenvalue weighted by Crippen LogP contribution is -2.21. The van der Waals surface area contributed by atoms with Gasteiger partial charge in [0.1, 0.15) is 0 Å². The summed E-state index contributed by atoms with van der Waals surface area (Å²) >= 11 is 0. The number of unbranched alkanes of at least 4 members (excludes halogenated alkanes) is 1. The fourth-order valence-corrected chi connectivity index (χ4v) is 0.765. The summed E-state index contributed by atoms with van der Waals surface area (Å²) in [4.78, 5) is 10.5. The fraction of sp³-hybridized carbons (Fsp3) is 0.667. The van der Waals surface area contributed by atoms with Crippen LogP contribution >= 0.6 is 0 Å². The van der Waals surface area contributed by atoms with Crippen molar-refractivity contribution in [3.63, 3.8) is 0 Å². The van der Waals surface area contributed by atoms with Crippen LogP contribution in [-0.4, -0.2) is 12.5 Å². The molecule has 0 radical (unpaired) electrons. The smallest absolute Gasteiger partial charge is 0.217 e. The van der Waals surface area contributed by atoms with Gasteiger partial charge in [-0.05, 0) is 12.8 Å². The highest BCUT2D eigenvalue weighted by Crippen LogP contribution is 2.02. The van der Waals surface area contributed by atoms with Crippen molar-refractivity contribution in [1.29, 1.82) is 0 Å². The van der Waals surface area contributed by atoms with Crippen molar-refractivity contribution in [2.75, 3.05) is 6.54 Å². The molecule has 0 aliphatic carbocycles. The van der Waals surface area contributed by atoms with Crippen LogP contribution in [0.2, 0.25) is 0 Å². The van der Waals surface area contributed by atoms with Gasteiger partial charge in [0.2, 0.25) is 5.91 Å². The molecule has 2 nitrogen and oxygen atoms in total. The SMILES string of the molecule is C=C(CCCC)CNC(C)=O. The van der Waals surface area contributed by atoms with E-state index < -0.39 is 0 Å². The zero-order valence-corrected chi connectivity index (χ0v) is 7.44. The first-order valence-corrected chi connectivity index (χ1v) is 4.08. The molecule has 1 amide bonds. The summed E-state index contributed by atoms with van der Waals surface area (Å²) in [5, 5.41) is 2.72. The van der Waals surface area contributed by atoms with Crippen LogP contribution in [0.3, 0.4) is 0 Å². The Labute approximate surface area is 68.7 Å². The summed E-state index contributed by atoms with van der Waals surface area (Å²) < 4.78 is 0. The Morgan fingerprint density at radius 2 is 2.18 bits per heavy atom. The molecule has 0 aliphatic rings. The van der Waals surface area contributed by atoms with Gasteiger partial charge in [-0.2, -0.15) is 0 Å². The lowest BCUT2D eigenvalue weighted by molar-refractivity contribution is -0.118. The number of nitrogens with one attached hydrogen (secondary N) is 1. The topological polar surface area (TPSA) is 29.1 Å². The highest BCUT2D eigenvalue weighted by Gasteiger charge is 1.94. The van der Waals surface area contributed by atoms with E-state index in [0.29, 0.717) is 6.54 Å². The minimum Gasteiger partial charge on any atom is -0.353 e. The summed E-state index contributed by atoms with van der Waals surface area (Å²) in [6.45, 7) is 8.15. The molecule has 0 aliphatic heterocycles. The van der Waals surface area contributed by atoms with E-state index in [1.807, 2.05) is 0 Å². The Hall–Kier alpha value is -0.790. The molecule has 2 heteroatoms. The lowest BCUT2D eigenvalue weighted by atomic mass is 10.1. The molecule has 0 aromatic rings. The average Bonchev–Trinajstić information content (AvgIpc) is 1.97. The third kappa shape index (κ3) is 7.10. The zero-order valence-electron chi connectivity index (χ0n) is 7.44. The molecule has 11 heavy (non-hydrogen) atoms. The Kier molecular flexibility index (Phi) is 5.53. The second-order valence-corrected chi connectivity index (χ2v) is 2.76. The number of hydrogen-bond donors (Lipinski definition) is 1. The highest BCUT2D eigenvalue weighted by atomic mass is 16.1. The van der Waals surface area contributed by atoms with Crippen molar-refractivity contribution in [3.8, 4) is 0 Å². The minimum absolute atomic E-state index is 0.0163. The first-order chi connectivity index (χ1) is 5.16. The van der Waals surface area contributed by atoms with E-state index in [4.69, 9.17) is 0 Å². The summed E-state index contributed by atoms with van der Waals surface area (Å²) in [7, 11) is 0. The standard InChI is InChI=1S/C9H17NO/c1-4-5-6-8(2)7-10-9(3)11/h2,4-7H2,1,3H3,(H,10,11). The molecule has 0 unspecified atom stereocenters. The van der Waals surface area contributed by atoms with Crippen LogP contribution in [0.25, 0.3) is 0 Å². The van der Waals surface area contributed by atoms with Gasteiger partial charge in [0.05, 0.1) is 0 Å². The van der Waals surface area contributed by atoms with Gasteiger partial charge in [-0.15, -0.1) is 0 Å². The van der Waals surface area contributed by atoms with Gasteiger partial charge in [0, 0.05) is 13.5 Å². The van der Waals surface area contributed by atoms with Gasteiger partial charge in [-0.3, -0.25) is 4.79 Å². The van der Waals surface area contributed by atoms with Crippen molar-refractivity contribution in [3.05, 3.63) is 12.2 Å². The molecular weight excluding hydrogens is 138 g/mol. The number of carbonyl (C=O) groups is 1. The summed E-state index contributed by atoms with van der Waals surface area (Å²) in [6.07, 6.45) is 3.37. The fourth-order valence-electron chi connectivity index (χ4n) is 0.765. The number of rotatable bonds is 5. The van der Waals surface area contributed by atoms with Crippen LogP contribution in [0.5, 0.6) is 0 Å². The molecule has 64 valence electrons. The van der Waals surface area contributed by atoms with Crippen LogP contribution in [0, 0.1) is 0 Å². The molecule has 0 aromatic heterocycles. The van der Waals surface area contributed by atoms with E-state index in [-0.39, 0.29) is 5.91 Å². The Morgan fingerprint density at radius 1 is 1.55 bits per heavy atom. The van der Waals surface area contributed by atoms with Crippen molar-refractivity contribution < 1.29 is 4.79 Å². The zero-order chi connectivity index (χ0) is 8.69. The average molecular weight is 155 g/mol. The lowest BCUT2D eigenvalue weighted by Gasteiger charge is -2.04. The highest BCUT2D eigenvalue weighted by molar-refractivity contribution is 5.73. The van der Waals surface area contributed by atoms with E-state index in [1.165, 1.54) is 19.8 Å². The van der Waals surface area contributed by atoms with Crippen molar-refractivity contribution >= 4 is 5.91 Å². The third-order valence-electron chi connectivity index (χ3n) is 1.47. The molecule has 0 saturated carbocycles. The van der Waals surface area contributed by atoms with Crippen molar-refractivity contribution in [2.45, 2.75) is 33.1 Å². The summed E-state index contributed by atoms with van der Waals surface area (Å²) in [5.41, 5.74) is 1.11. The molecule has 0 heterocycles. The molecule has 0 aromatic carbocycles. The predicted octanol–water partition coefficient (Wildman–Crippen LogP) is 1.87. The maximum atomic E-state index is 10.5. The number of hydrogen-bond acceptors (Lipinski definition) is 1. The van der Waals surface area contributed by atoms with Crippen LogP contribution < -0.4 is 5.32 Å². The second-order valence-electron chi connectivity index (χ2n) is 2.76. The van der Waals surface area contributed by atoms with Gasteiger partial charge in [-0.25, -0.2) is 0 Å². The first-order valence-electron chi connectivity index (χ1n) is 4.08. The van der Waals surface area contributed by atoms with Crippen LogP contribution in [0.1, 0.15) is 33.1 Å². The maximum Gasteiger partial charge on any atom is 0.217 e. The van der Waals surface area contributed by atoms with E-state index in [9.17, 15) is 4.79 Å². The van der Waals surface area contributed by atoms with Crippen molar-refractivity contribution in [1.82, 2.24) is 5.32 Å². The van der Waals surface area contributed by atoms with Crippen molar-refractivity contribution in [2.24, 2.45) is 0 Å². The molecule has 1 N–H and O–H groups in total. The third-order valence-corrected chi connectivity index (χ3v) is 1.47. The van der Waals surface area contributed by atoms with Gasteiger partial charge in [0.15, 0.2) is 0 Å². The Bertz CT molecular complexity index is 140. The predicted molar refractivity (Wildman–Crippen MR) is 47.3 cm³/mol. The van der Waals surface area contributed by atoms with Gasteiger partial charge < -0.3 is 5.32 Å². The normalized spacial score (nSPS) is 9.27. The molecule has 0 atom stereocenters. The van der Waals surface area contributed by atoms with Crippen LogP contribution in [-0.2, 0) is 4.79 Å². The minimum atomic E-state index is 0.0163. The largest absolute Gasteiger partial charge is 0.353 e. The van der Waals surface area contributed by atoms with Gasteiger partial charge in [0.25, 0.3) is 0 Å². The van der Waals surface area contributed by atoms with Crippen LogP contribution in [0.15, 0.2) is 12.2 Å². The second kappa shape index (κ2) is 5.96. The summed E-state index contributed by atoms with van der Waals surface area (Å²) in [6, 6.07) is 0. The molecule has 0 rings (SSSR count). The Morgan fingerprint density at radius 3 is 2.64 bits per heavy atom. The quantitative estimate of drug-likeness (QED) is 0.603. The summed E-state index contributed by atoms with van der Waals surface area (Å²) in [5.74, 6) is 0.0163. The molecular formula is C9H17NO. The van der Waals surface area contributed by atoms with Gasteiger partial charge in [-0.1, -0.05) is 25.5 Å². The van der Waals surface area contributed by atoms with E-state index >= 15 is 0 Å². The monoisotopic (exact) mass is 155 g/mol. The van der Waals surface area contributed by atoms with Crippen LogP contribution in [0.4, 0.5) is 0 Å². The van der Waals surface area contributed by atoms with E-state index in [0.717, 1.165) is 12.0 Å². The Balaban J connectivity index is 3.30. The molecule has 0 bridgehead atoms. The molecule has 0 spiro atoms. The van der Waals surface area contributed by atoms with E-state index in [2.05, 4.69) is 18.8 Å². The number of amides is 1. The molecule has 0 fully saturated rings.